The van der Waals surface area contributed by atoms with Gasteiger partial charge in [-0.2, -0.15) is 13.5 Å². The van der Waals surface area contributed by atoms with Crippen molar-refractivity contribution in [3.8, 4) is 0 Å². The highest BCUT2D eigenvalue weighted by Crippen LogP contribution is 2.31. The number of urea groups is 1. The van der Waals surface area contributed by atoms with E-state index in [1.54, 1.807) is 0 Å². The van der Waals surface area contributed by atoms with Crippen molar-refractivity contribution in [2.75, 3.05) is 6.54 Å². The Bertz CT molecular complexity index is 827. The van der Waals surface area contributed by atoms with Crippen LogP contribution in [0.3, 0.4) is 0 Å². The van der Waals surface area contributed by atoms with Crippen LogP contribution in [0.1, 0.15) is 32.1 Å². The van der Waals surface area contributed by atoms with Crippen LogP contribution in [-0.2, 0) is 24.7 Å². The summed E-state index contributed by atoms with van der Waals surface area (Å²) in [7, 11) is -8.77. The van der Waals surface area contributed by atoms with Gasteiger partial charge in [-0.15, -0.1) is 8.68 Å². The van der Waals surface area contributed by atoms with Gasteiger partial charge in [0.25, 0.3) is 10.0 Å². The number of carbonyl (C=O) groups excluding carboxylic acids is 1. The van der Waals surface area contributed by atoms with E-state index >= 15 is 0 Å². The first-order chi connectivity index (χ1) is 12.0. The van der Waals surface area contributed by atoms with Crippen molar-refractivity contribution in [3.05, 3.63) is 0 Å². The van der Waals surface area contributed by atoms with Crippen LogP contribution in [0.2, 0.25) is 0 Å². The highest BCUT2D eigenvalue weighted by Gasteiger charge is 2.48. The van der Waals surface area contributed by atoms with Crippen LogP contribution in [0.25, 0.3) is 0 Å². The number of nitrogens with two attached hydrogens (primary N) is 2. The first-order valence-electron chi connectivity index (χ1n) is 8.11. The van der Waals surface area contributed by atoms with Crippen molar-refractivity contribution in [1.82, 2.24) is 9.96 Å². The topological polar surface area (TPSA) is 186 Å². The fourth-order valence-corrected chi connectivity index (χ4v) is 5.72. The van der Waals surface area contributed by atoms with E-state index in [2.05, 4.69) is 8.68 Å². The molecule has 148 valence electrons. The molecule has 1 aliphatic carbocycles. The molecule has 2 saturated heterocycles. The Labute approximate surface area is 151 Å². The Morgan fingerprint density at radius 2 is 1.88 bits per heavy atom. The number of amidine groups is 1. The predicted octanol–water partition coefficient (Wildman–Crippen LogP) is -1.44. The summed E-state index contributed by atoms with van der Waals surface area (Å²) < 4.78 is 63.4. The summed E-state index contributed by atoms with van der Waals surface area (Å²) in [5.74, 6) is -0.246. The first kappa shape index (κ1) is 19.3. The average Bonchev–Trinajstić information content (AvgIpc) is 3.04. The summed E-state index contributed by atoms with van der Waals surface area (Å²) >= 11 is 0. The maximum Gasteiger partial charge on any atom is 0.418 e. The van der Waals surface area contributed by atoms with Gasteiger partial charge < -0.3 is 16.4 Å². The molecule has 2 amide bonds. The van der Waals surface area contributed by atoms with Crippen LogP contribution in [0.15, 0.2) is 4.40 Å². The van der Waals surface area contributed by atoms with Gasteiger partial charge in [0, 0.05) is 12.6 Å². The van der Waals surface area contributed by atoms with Crippen LogP contribution >= 0.6 is 0 Å². The maximum atomic E-state index is 12.4. The third kappa shape index (κ3) is 3.64. The molecule has 2 bridgehead atoms. The molecular weight excluding hydrogens is 390 g/mol. The summed E-state index contributed by atoms with van der Waals surface area (Å²) in [5, 5.41) is -0.240. The molecular formula is C12H21N5O7S2. The molecule has 14 heteroatoms. The van der Waals surface area contributed by atoms with Crippen molar-refractivity contribution in [1.29, 1.82) is 0 Å². The van der Waals surface area contributed by atoms with Gasteiger partial charge in [0.05, 0.1) is 17.3 Å². The molecule has 5 N–H and O–H groups in total. The molecule has 1 saturated carbocycles. The number of hydrogen-bond acceptors (Lipinski definition) is 7. The largest absolute Gasteiger partial charge is 0.418 e. The Kier molecular flexibility index (Phi) is 4.89. The molecule has 3 fully saturated rings. The number of sulfonamides is 1. The molecule has 26 heavy (non-hydrogen) atoms. The summed E-state index contributed by atoms with van der Waals surface area (Å²) in [4.78, 5) is 13.5. The SMILES string of the molecule is NC(=NS(=O)(=O)C1CCCC1N)[C@@H]1CC[C@@H]2CN1C(=O)N2OS(=O)(=O)O. The second-order valence-corrected chi connectivity index (χ2v) is 9.50. The van der Waals surface area contributed by atoms with E-state index in [0.29, 0.717) is 30.7 Å². The van der Waals surface area contributed by atoms with Gasteiger partial charge in [0.1, 0.15) is 5.84 Å². The van der Waals surface area contributed by atoms with E-state index in [1.165, 1.54) is 4.90 Å². The van der Waals surface area contributed by atoms with Gasteiger partial charge in [0.2, 0.25) is 0 Å². The fraction of sp³-hybridized carbons (Fsp3) is 0.833. The van der Waals surface area contributed by atoms with Crippen LogP contribution in [0.5, 0.6) is 0 Å². The zero-order valence-corrected chi connectivity index (χ0v) is 15.4. The maximum absolute atomic E-state index is 12.4. The van der Waals surface area contributed by atoms with Gasteiger partial charge in [-0.25, -0.2) is 13.2 Å². The Morgan fingerprint density at radius 1 is 1.19 bits per heavy atom. The summed E-state index contributed by atoms with van der Waals surface area (Å²) in [6, 6.07) is -2.72. The number of amides is 2. The number of hydrogen-bond donors (Lipinski definition) is 3. The lowest BCUT2D eigenvalue weighted by molar-refractivity contribution is -0.0316. The van der Waals surface area contributed by atoms with Crippen LogP contribution < -0.4 is 11.5 Å². The summed E-state index contributed by atoms with van der Waals surface area (Å²) in [6.07, 6.45) is 2.28. The smallest absolute Gasteiger partial charge is 0.385 e. The lowest BCUT2D eigenvalue weighted by Crippen LogP contribution is -2.49. The second-order valence-electron chi connectivity index (χ2n) is 6.67. The monoisotopic (exact) mass is 411 g/mol. The van der Waals surface area contributed by atoms with Crippen LogP contribution in [-0.4, -0.2) is 73.1 Å². The molecule has 3 rings (SSSR count). The molecule has 3 aliphatic rings. The van der Waals surface area contributed by atoms with E-state index < -0.39 is 49.8 Å². The van der Waals surface area contributed by atoms with Crippen molar-refractivity contribution >= 4 is 32.3 Å². The van der Waals surface area contributed by atoms with E-state index in [0.717, 1.165) is 0 Å². The Morgan fingerprint density at radius 3 is 2.46 bits per heavy atom. The third-order valence-electron chi connectivity index (χ3n) is 4.96. The lowest BCUT2D eigenvalue weighted by atomic mass is 10.0. The standard InChI is InChI=1S/C12H21N5O7S2/c13-8-2-1-3-10(8)25(19,20)15-11(14)9-5-4-7-6-16(9)12(18)17(7)24-26(21,22)23/h7-10H,1-6,13H2,(H2,14,15)(H,21,22,23)/t7-,8?,9+,10?/m1/s1. The summed E-state index contributed by atoms with van der Waals surface area (Å²) in [5.41, 5.74) is 11.7. The average molecular weight is 411 g/mol. The zero-order valence-electron chi connectivity index (χ0n) is 13.8. The molecule has 0 aromatic carbocycles. The number of rotatable bonds is 5. The minimum Gasteiger partial charge on any atom is -0.385 e. The van der Waals surface area contributed by atoms with Crippen molar-refractivity contribution in [2.45, 2.75) is 55.5 Å². The first-order valence-corrected chi connectivity index (χ1v) is 11.0. The van der Waals surface area contributed by atoms with Crippen molar-refractivity contribution in [3.63, 3.8) is 0 Å². The van der Waals surface area contributed by atoms with Gasteiger partial charge in [-0.05, 0) is 25.7 Å². The molecule has 0 aromatic rings. The third-order valence-corrected chi connectivity index (χ3v) is 7.12. The predicted molar refractivity (Wildman–Crippen MR) is 89.5 cm³/mol. The van der Waals surface area contributed by atoms with E-state index in [-0.39, 0.29) is 18.8 Å². The molecule has 12 nitrogen and oxygen atoms in total. The fourth-order valence-electron chi connectivity index (χ4n) is 3.74. The highest BCUT2D eigenvalue weighted by atomic mass is 32.3. The molecule has 0 aromatic heterocycles. The quantitative estimate of drug-likeness (QED) is 0.276. The molecule has 0 radical (unpaired) electrons. The molecule has 2 unspecified atom stereocenters. The second kappa shape index (κ2) is 6.60. The van der Waals surface area contributed by atoms with Gasteiger partial charge in [-0.3, -0.25) is 4.55 Å². The van der Waals surface area contributed by atoms with Gasteiger partial charge in [0.15, 0.2) is 0 Å². The number of carbonyl (C=O) groups is 1. The Hall–Kier alpha value is -1.48. The molecule has 2 aliphatic heterocycles. The van der Waals surface area contributed by atoms with Crippen LogP contribution in [0, 0.1) is 0 Å². The minimum atomic E-state index is -4.86. The number of hydroxylamine groups is 2. The molecule has 4 atom stereocenters. The van der Waals surface area contributed by atoms with E-state index in [1.807, 2.05) is 0 Å². The van der Waals surface area contributed by atoms with E-state index in [4.69, 9.17) is 16.0 Å². The van der Waals surface area contributed by atoms with Crippen molar-refractivity contribution in [2.24, 2.45) is 15.9 Å². The summed E-state index contributed by atoms with van der Waals surface area (Å²) in [6.45, 7) is 0.0816. The number of fused-ring (bicyclic) bond motifs is 2. The van der Waals surface area contributed by atoms with Crippen molar-refractivity contribution < 1.29 is 30.5 Å². The van der Waals surface area contributed by atoms with Gasteiger partial charge in [-0.1, -0.05) is 6.42 Å². The normalized spacial score (nSPS) is 33.2. The number of nitrogens with zero attached hydrogens (tertiary/aromatic N) is 3. The zero-order chi connectivity index (χ0) is 19.3. The molecule has 2 heterocycles. The van der Waals surface area contributed by atoms with E-state index in [9.17, 15) is 21.6 Å². The number of piperidine rings is 1. The molecule has 0 spiro atoms. The van der Waals surface area contributed by atoms with Gasteiger partial charge >= 0.3 is 16.4 Å². The minimum absolute atomic E-state index is 0.0816. The van der Waals surface area contributed by atoms with Crippen LogP contribution in [0.4, 0.5) is 4.79 Å². The lowest BCUT2D eigenvalue weighted by Gasteiger charge is -2.29. The highest BCUT2D eigenvalue weighted by molar-refractivity contribution is 7.91. The Balaban J connectivity index is 1.79.